The fourth-order valence-corrected chi connectivity index (χ4v) is 2.77. The van der Waals surface area contributed by atoms with E-state index in [2.05, 4.69) is 17.0 Å². The number of aryl methyl sites for hydroxylation is 1. The molecule has 80 valence electrons. The van der Waals surface area contributed by atoms with E-state index in [1.165, 1.54) is 50.0 Å². The van der Waals surface area contributed by atoms with Gasteiger partial charge in [-0.3, -0.25) is 0 Å². The van der Waals surface area contributed by atoms with Crippen LogP contribution in [-0.2, 0) is 6.42 Å². The maximum Gasteiger partial charge on any atom is 0.0317 e. The summed E-state index contributed by atoms with van der Waals surface area (Å²) >= 11 is 0. The van der Waals surface area contributed by atoms with Gasteiger partial charge in [-0.15, -0.1) is 0 Å². The second kappa shape index (κ2) is 3.53. The Labute approximate surface area is 91.1 Å². The molecule has 0 radical (unpaired) electrons. The van der Waals surface area contributed by atoms with Gasteiger partial charge in [-0.1, -0.05) is 6.07 Å². The van der Waals surface area contributed by atoms with Crippen LogP contribution in [0.5, 0.6) is 0 Å². The van der Waals surface area contributed by atoms with Gasteiger partial charge < -0.3 is 10.6 Å². The van der Waals surface area contributed by atoms with E-state index in [0.717, 1.165) is 11.6 Å². The number of nitrogens with two attached hydrogens (primary N) is 1. The Morgan fingerprint density at radius 2 is 2.20 bits per heavy atom. The lowest BCUT2D eigenvalue weighted by Crippen LogP contribution is -2.39. The first kappa shape index (κ1) is 9.22. The molecule has 3 rings (SSSR count). The Bertz CT molecular complexity index is 369. The Hall–Kier alpha value is -1.02. The number of benzene rings is 1. The van der Waals surface area contributed by atoms with Gasteiger partial charge in [0.1, 0.15) is 0 Å². The van der Waals surface area contributed by atoms with Crippen molar-refractivity contribution in [1.82, 2.24) is 4.90 Å². The summed E-state index contributed by atoms with van der Waals surface area (Å²) in [5, 5.41) is 0. The quantitative estimate of drug-likeness (QED) is 0.743. The van der Waals surface area contributed by atoms with Gasteiger partial charge >= 0.3 is 0 Å². The summed E-state index contributed by atoms with van der Waals surface area (Å²) in [6, 6.07) is 6.43. The molecule has 1 aliphatic heterocycles. The van der Waals surface area contributed by atoms with Crippen molar-refractivity contribution in [2.45, 2.75) is 25.2 Å². The fourth-order valence-electron chi connectivity index (χ4n) is 2.77. The van der Waals surface area contributed by atoms with Crippen LogP contribution in [-0.4, -0.2) is 24.5 Å². The predicted octanol–water partition coefficient (Wildman–Crippen LogP) is 2.00. The number of anilines is 1. The van der Waals surface area contributed by atoms with Crippen molar-refractivity contribution >= 4 is 5.69 Å². The van der Waals surface area contributed by atoms with E-state index in [1.807, 2.05) is 6.07 Å². The maximum atomic E-state index is 5.86. The molecule has 0 aromatic heterocycles. The molecule has 1 heterocycles. The van der Waals surface area contributed by atoms with E-state index in [-0.39, 0.29) is 0 Å². The summed E-state index contributed by atoms with van der Waals surface area (Å²) in [5.74, 6) is 0.740. The number of nitrogens with zero attached hydrogens (tertiary/aromatic N) is 1. The third-order valence-corrected chi connectivity index (χ3v) is 3.80. The van der Waals surface area contributed by atoms with E-state index in [0.29, 0.717) is 0 Å². The predicted molar refractivity (Wildman–Crippen MR) is 63.0 cm³/mol. The number of hydrogen-bond acceptors (Lipinski definition) is 2. The van der Waals surface area contributed by atoms with Gasteiger partial charge in [-0.05, 0) is 61.5 Å². The molecule has 2 heteroatoms. The van der Waals surface area contributed by atoms with Crippen molar-refractivity contribution in [3.05, 3.63) is 29.3 Å². The van der Waals surface area contributed by atoms with Gasteiger partial charge in [-0.2, -0.15) is 0 Å². The normalized spacial score (nSPS) is 24.9. The van der Waals surface area contributed by atoms with Crippen molar-refractivity contribution in [2.75, 3.05) is 25.4 Å². The molecule has 2 aliphatic rings. The third kappa shape index (κ3) is 1.63. The number of fused-ring (bicyclic) bond motifs is 1. The Kier molecular flexibility index (Phi) is 2.17. The molecule has 1 aliphatic carbocycles. The van der Waals surface area contributed by atoms with Crippen LogP contribution in [0, 0.1) is 0 Å². The molecular weight excluding hydrogens is 184 g/mol. The highest BCUT2D eigenvalue weighted by molar-refractivity contribution is 5.48. The molecule has 1 atom stereocenters. The molecule has 0 saturated carbocycles. The summed E-state index contributed by atoms with van der Waals surface area (Å²) in [7, 11) is 0. The van der Waals surface area contributed by atoms with Crippen LogP contribution in [0.3, 0.4) is 0 Å². The first-order valence-electron chi connectivity index (χ1n) is 5.93. The summed E-state index contributed by atoms with van der Waals surface area (Å²) in [6.45, 7) is 3.85. The Balaban J connectivity index is 1.80. The standard InChI is InChI=1S/C13H18N2/c14-12-5-4-10-2-3-11(13(10)8-12)9-15-6-1-7-15/h4-5,8,11H,1-3,6-7,9,14H2. The van der Waals surface area contributed by atoms with Crippen molar-refractivity contribution < 1.29 is 0 Å². The highest BCUT2D eigenvalue weighted by atomic mass is 15.2. The summed E-state index contributed by atoms with van der Waals surface area (Å²) in [5.41, 5.74) is 9.82. The fraction of sp³-hybridized carbons (Fsp3) is 0.538. The van der Waals surface area contributed by atoms with Crippen LogP contribution in [0.25, 0.3) is 0 Å². The van der Waals surface area contributed by atoms with Crippen LogP contribution in [0.4, 0.5) is 5.69 Å². The average molecular weight is 202 g/mol. The van der Waals surface area contributed by atoms with Crippen molar-refractivity contribution in [3.8, 4) is 0 Å². The molecule has 2 nitrogen and oxygen atoms in total. The van der Waals surface area contributed by atoms with E-state index >= 15 is 0 Å². The summed E-state index contributed by atoms with van der Waals surface area (Å²) < 4.78 is 0. The molecule has 1 aromatic rings. The largest absolute Gasteiger partial charge is 0.399 e. The number of likely N-dealkylation sites (tertiary alicyclic amines) is 1. The molecule has 1 fully saturated rings. The van der Waals surface area contributed by atoms with E-state index in [1.54, 1.807) is 0 Å². The maximum absolute atomic E-state index is 5.86. The lowest BCUT2D eigenvalue weighted by Gasteiger charge is -2.33. The Morgan fingerprint density at radius 1 is 1.33 bits per heavy atom. The zero-order valence-corrected chi connectivity index (χ0v) is 9.08. The second-order valence-electron chi connectivity index (χ2n) is 4.85. The first-order valence-corrected chi connectivity index (χ1v) is 5.93. The molecule has 0 spiro atoms. The topological polar surface area (TPSA) is 29.3 Å². The van der Waals surface area contributed by atoms with Crippen LogP contribution < -0.4 is 5.73 Å². The molecule has 0 amide bonds. The van der Waals surface area contributed by atoms with Gasteiger partial charge in [0.05, 0.1) is 0 Å². The van der Waals surface area contributed by atoms with Gasteiger partial charge in [-0.25, -0.2) is 0 Å². The van der Waals surface area contributed by atoms with E-state index in [4.69, 9.17) is 5.73 Å². The van der Waals surface area contributed by atoms with Crippen LogP contribution >= 0.6 is 0 Å². The number of nitrogen functional groups attached to an aromatic ring is 1. The average Bonchev–Trinajstić information content (AvgIpc) is 2.54. The molecule has 1 saturated heterocycles. The first-order chi connectivity index (χ1) is 7.33. The summed E-state index contributed by atoms with van der Waals surface area (Å²) in [6.07, 6.45) is 3.94. The monoisotopic (exact) mass is 202 g/mol. The van der Waals surface area contributed by atoms with Crippen LogP contribution in [0.15, 0.2) is 18.2 Å². The van der Waals surface area contributed by atoms with Gasteiger partial charge in [0.25, 0.3) is 0 Å². The molecular formula is C13H18N2. The number of hydrogen-bond donors (Lipinski definition) is 1. The van der Waals surface area contributed by atoms with Crippen molar-refractivity contribution in [3.63, 3.8) is 0 Å². The van der Waals surface area contributed by atoms with Gasteiger partial charge in [0.15, 0.2) is 0 Å². The summed E-state index contributed by atoms with van der Waals surface area (Å²) in [4.78, 5) is 2.56. The van der Waals surface area contributed by atoms with Gasteiger partial charge in [0, 0.05) is 12.2 Å². The molecule has 0 bridgehead atoms. The minimum atomic E-state index is 0.740. The molecule has 1 aromatic carbocycles. The van der Waals surface area contributed by atoms with Gasteiger partial charge in [0.2, 0.25) is 0 Å². The Morgan fingerprint density at radius 3 is 2.93 bits per heavy atom. The number of rotatable bonds is 2. The van der Waals surface area contributed by atoms with Crippen LogP contribution in [0.2, 0.25) is 0 Å². The lowest BCUT2D eigenvalue weighted by molar-refractivity contribution is 0.169. The lowest BCUT2D eigenvalue weighted by atomic mass is 9.99. The molecule has 1 unspecified atom stereocenters. The SMILES string of the molecule is Nc1ccc2c(c1)C(CN1CCC1)CC2. The van der Waals surface area contributed by atoms with Crippen LogP contribution in [0.1, 0.15) is 29.9 Å². The minimum absolute atomic E-state index is 0.740. The molecule has 15 heavy (non-hydrogen) atoms. The minimum Gasteiger partial charge on any atom is -0.399 e. The third-order valence-electron chi connectivity index (χ3n) is 3.80. The zero-order valence-electron chi connectivity index (χ0n) is 9.08. The van der Waals surface area contributed by atoms with Crippen molar-refractivity contribution in [2.24, 2.45) is 0 Å². The van der Waals surface area contributed by atoms with E-state index < -0.39 is 0 Å². The highest BCUT2D eigenvalue weighted by Crippen LogP contribution is 2.35. The highest BCUT2D eigenvalue weighted by Gasteiger charge is 2.26. The zero-order chi connectivity index (χ0) is 10.3. The van der Waals surface area contributed by atoms with Crippen molar-refractivity contribution in [1.29, 1.82) is 0 Å². The smallest absolute Gasteiger partial charge is 0.0317 e. The van der Waals surface area contributed by atoms with E-state index in [9.17, 15) is 0 Å². The molecule has 2 N–H and O–H groups in total. The second-order valence-corrected chi connectivity index (χ2v) is 4.85.